The fourth-order valence-corrected chi connectivity index (χ4v) is 1.30. The number of hydrogen-bond donors (Lipinski definition) is 1. The molecule has 0 spiro atoms. The third kappa shape index (κ3) is 5.24. The molecule has 1 atom stereocenters. The predicted molar refractivity (Wildman–Crippen MR) is 69.3 cm³/mol. The Morgan fingerprint density at radius 1 is 1.41 bits per heavy atom. The van der Waals surface area contributed by atoms with Crippen molar-refractivity contribution in [1.29, 1.82) is 0 Å². The second-order valence-electron chi connectivity index (χ2n) is 3.65. The average molecular weight is 230 g/mol. The van der Waals surface area contributed by atoms with Crippen molar-refractivity contribution in [2.75, 3.05) is 6.61 Å². The first-order valence-electron chi connectivity index (χ1n) is 5.77. The Labute approximate surface area is 103 Å². The smallest absolute Gasteiger partial charge is 0.158 e. The van der Waals surface area contributed by atoms with Crippen LogP contribution in [0.4, 0.5) is 0 Å². The Hall–Kier alpha value is -1.72. The molecule has 0 aliphatic carbocycles. The summed E-state index contributed by atoms with van der Waals surface area (Å²) in [4.78, 5) is 0. The Balaban J connectivity index is 2.65. The van der Waals surface area contributed by atoms with E-state index in [1.54, 1.807) is 6.08 Å². The lowest BCUT2D eigenvalue weighted by Crippen LogP contribution is -2.07. The van der Waals surface area contributed by atoms with E-state index in [0.717, 1.165) is 12.0 Å². The van der Waals surface area contributed by atoms with E-state index in [1.807, 2.05) is 44.2 Å². The van der Waals surface area contributed by atoms with Crippen LogP contribution in [0.25, 0.3) is 0 Å². The van der Waals surface area contributed by atoms with Gasteiger partial charge in [-0.2, -0.15) is 0 Å². The lowest BCUT2D eigenvalue weighted by molar-refractivity contribution is 0.157. The molecule has 0 aliphatic rings. The molecule has 1 aromatic carbocycles. The number of allylic oxidation sites excluding steroid dienone is 1. The SMILES string of the molecule is CCC(C#Cc1ccccc1)O/C(C)=C/CO. The maximum Gasteiger partial charge on any atom is 0.158 e. The molecule has 0 aliphatic heterocycles. The van der Waals surface area contributed by atoms with Crippen molar-refractivity contribution in [3.8, 4) is 11.8 Å². The van der Waals surface area contributed by atoms with E-state index in [1.165, 1.54) is 0 Å². The normalized spacial score (nSPS) is 12.5. The van der Waals surface area contributed by atoms with E-state index in [2.05, 4.69) is 11.8 Å². The molecule has 0 aromatic heterocycles. The highest BCUT2D eigenvalue weighted by Crippen LogP contribution is 2.05. The first kappa shape index (κ1) is 13.3. The van der Waals surface area contributed by atoms with Gasteiger partial charge in [0, 0.05) is 5.56 Å². The molecule has 1 unspecified atom stereocenters. The number of benzene rings is 1. The Kier molecular flexibility index (Phi) is 5.92. The maximum atomic E-state index is 8.74. The maximum absolute atomic E-state index is 8.74. The van der Waals surface area contributed by atoms with Crippen molar-refractivity contribution in [3.05, 3.63) is 47.7 Å². The van der Waals surface area contributed by atoms with Crippen molar-refractivity contribution < 1.29 is 9.84 Å². The predicted octanol–water partition coefficient (Wildman–Crippen LogP) is 2.73. The highest BCUT2D eigenvalue weighted by Gasteiger charge is 2.02. The lowest BCUT2D eigenvalue weighted by Gasteiger charge is -2.11. The molecule has 0 radical (unpaired) electrons. The minimum atomic E-state index is -0.127. The van der Waals surface area contributed by atoms with Crippen molar-refractivity contribution >= 4 is 0 Å². The minimum Gasteiger partial charge on any atom is -0.483 e. The van der Waals surface area contributed by atoms with Crippen LogP contribution < -0.4 is 0 Å². The molecule has 0 bridgehead atoms. The summed E-state index contributed by atoms with van der Waals surface area (Å²) in [6, 6.07) is 9.82. The van der Waals surface area contributed by atoms with Gasteiger partial charge >= 0.3 is 0 Å². The molecule has 2 nitrogen and oxygen atoms in total. The standard InChI is InChI=1S/C15H18O2/c1-3-15(17-13(2)11-12-16)10-9-14-7-5-4-6-8-14/h4-8,11,15-16H,3,12H2,1-2H3/b13-11+. The molecule has 0 saturated heterocycles. The fourth-order valence-electron chi connectivity index (χ4n) is 1.30. The van der Waals surface area contributed by atoms with Gasteiger partial charge in [-0.05, 0) is 31.6 Å². The molecule has 0 heterocycles. The van der Waals surface area contributed by atoms with Gasteiger partial charge in [0.2, 0.25) is 0 Å². The third-order valence-electron chi connectivity index (χ3n) is 2.23. The number of aliphatic hydroxyl groups excluding tert-OH is 1. The zero-order valence-electron chi connectivity index (χ0n) is 10.3. The average Bonchev–Trinajstić information content (AvgIpc) is 2.36. The summed E-state index contributed by atoms with van der Waals surface area (Å²) >= 11 is 0. The van der Waals surface area contributed by atoms with Crippen molar-refractivity contribution in [2.45, 2.75) is 26.4 Å². The number of rotatable bonds is 4. The molecule has 0 amide bonds. The van der Waals surface area contributed by atoms with Crippen molar-refractivity contribution in [3.63, 3.8) is 0 Å². The van der Waals surface area contributed by atoms with Crippen LogP contribution in [-0.4, -0.2) is 17.8 Å². The molecular formula is C15H18O2. The van der Waals surface area contributed by atoms with Crippen molar-refractivity contribution in [1.82, 2.24) is 0 Å². The van der Waals surface area contributed by atoms with Gasteiger partial charge in [-0.1, -0.05) is 37.0 Å². The van der Waals surface area contributed by atoms with Gasteiger partial charge in [0.1, 0.15) is 0 Å². The summed E-state index contributed by atoms with van der Waals surface area (Å²) in [6.07, 6.45) is 2.32. The first-order chi connectivity index (χ1) is 8.26. The monoisotopic (exact) mass is 230 g/mol. The van der Waals surface area contributed by atoms with Gasteiger partial charge in [-0.3, -0.25) is 0 Å². The second kappa shape index (κ2) is 7.54. The molecule has 1 aromatic rings. The number of aliphatic hydroxyl groups is 1. The quantitative estimate of drug-likeness (QED) is 0.636. The molecule has 0 saturated carbocycles. The van der Waals surface area contributed by atoms with Gasteiger partial charge in [0.05, 0.1) is 12.4 Å². The lowest BCUT2D eigenvalue weighted by atomic mass is 10.2. The molecule has 0 fully saturated rings. The van der Waals surface area contributed by atoms with E-state index < -0.39 is 0 Å². The molecular weight excluding hydrogens is 212 g/mol. The Bertz CT molecular complexity index is 410. The van der Waals surface area contributed by atoms with E-state index in [-0.39, 0.29) is 12.7 Å². The highest BCUT2D eigenvalue weighted by molar-refractivity contribution is 5.34. The van der Waals surface area contributed by atoms with Crippen molar-refractivity contribution in [2.24, 2.45) is 0 Å². The van der Waals surface area contributed by atoms with Crippen LogP contribution in [0, 0.1) is 11.8 Å². The zero-order valence-corrected chi connectivity index (χ0v) is 10.3. The number of ether oxygens (including phenoxy) is 1. The first-order valence-corrected chi connectivity index (χ1v) is 5.77. The summed E-state index contributed by atoms with van der Waals surface area (Å²) in [5.41, 5.74) is 0.985. The van der Waals surface area contributed by atoms with Gasteiger partial charge in [0.15, 0.2) is 6.10 Å². The largest absolute Gasteiger partial charge is 0.483 e. The number of hydrogen-bond acceptors (Lipinski definition) is 2. The van der Waals surface area contributed by atoms with Gasteiger partial charge in [-0.15, -0.1) is 0 Å². The van der Waals surface area contributed by atoms with Crippen LogP contribution in [0.3, 0.4) is 0 Å². The summed E-state index contributed by atoms with van der Waals surface area (Å²) in [6.45, 7) is 3.84. The Morgan fingerprint density at radius 3 is 2.71 bits per heavy atom. The van der Waals surface area contributed by atoms with E-state index in [0.29, 0.717) is 5.76 Å². The highest BCUT2D eigenvalue weighted by atomic mass is 16.5. The molecule has 17 heavy (non-hydrogen) atoms. The summed E-state index contributed by atoms with van der Waals surface area (Å²) < 4.78 is 5.59. The summed E-state index contributed by atoms with van der Waals surface area (Å²) in [7, 11) is 0. The fraction of sp³-hybridized carbons (Fsp3) is 0.333. The van der Waals surface area contributed by atoms with Gasteiger partial charge in [0.25, 0.3) is 0 Å². The topological polar surface area (TPSA) is 29.5 Å². The van der Waals surface area contributed by atoms with E-state index in [4.69, 9.17) is 9.84 Å². The van der Waals surface area contributed by atoms with Crippen LogP contribution in [0.2, 0.25) is 0 Å². The van der Waals surface area contributed by atoms with Gasteiger partial charge < -0.3 is 9.84 Å². The molecule has 1 rings (SSSR count). The van der Waals surface area contributed by atoms with Crippen LogP contribution in [0.5, 0.6) is 0 Å². The van der Waals surface area contributed by atoms with Crippen LogP contribution in [0.15, 0.2) is 42.2 Å². The van der Waals surface area contributed by atoms with Crippen LogP contribution in [0.1, 0.15) is 25.8 Å². The Morgan fingerprint density at radius 2 is 2.12 bits per heavy atom. The van der Waals surface area contributed by atoms with Crippen LogP contribution in [-0.2, 0) is 4.74 Å². The molecule has 90 valence electrons. The van der Waals surface area contributed by atoms with E-state index in [9.17, 15) is 0 Å². The molecule has 1 N–H and O–H groups in total. The zero-order chi connectivity index (χ0) is 12.5. The van der Waals surface area contributed by atoms with Crippen LogP contribution >= 0.6 is 0 Å². The molecule has 2 heteroatoms. The summed E-state index contributed by atoms with van der Waals surface area (Å²) in [5.74, 6) is 6.87. The minimum absolute atomic E-state index is 0.00557. The third-order valence-corrected chi connectivity index (χ3v) is 2.23. The van der Waals surface area contributed by atoms with E-state index >= 15 is 0 Å². The summed E-state index contributed by atoms with van der Waals surface area (Å²) in [5, 5.41) is 8.74. The second-order valence-corrected chi connectivity index (χ2v) is 3.65. The van der Waals surface area contributed by atoms with Gasteiger partial charge in [-0.25, -0.2) is 0 Å².